The number of hydrogen-bond acceptors (Lipinski definition) is 4. The normalized spacial score (nSPS) is 21.1. The molecule has 1 unspecified atom stereocenters. The van der Waals surface area contributed by atoms with Crippen LogP contribution in [0.3, 0.4) is 0 Å². The molecule has 0 saturated carbocycles. The van der Waals surface area contributed by atoms with E-state index in [2.05, 4.69) is 26.7 Å². The number of aromatic nitrogens is 2. The van der Waals surface area contributed by atoms with E-state index in [1.54, 1.807) is 11.8 Å². The molecule has 2 aliphatic rings. The van der Waals surface area contributed by atoms with Crippen LogP contribution in [0, 0.1) is 0 Å². The van der Waals surface area contributed by atoms with Crippen LogP contribution in [0.1, 0.15) is 31.5 Å². The lowest BCUT2D eigenvalue weighted by atomic mass is 10.2. The van der Waals surface area contributed by atoms with Crippen molar-refractivity contribution in [2.75, 3.05) is 32.4 Å². The molecule has 0 radical (unpaired) electrons. The average molecular weight is 373 g/mol. The Morgan fingerprint density at radius 2 is 2.00 bits per heavy atom. The largest absolute Gasteiger partial charge is 0.337 e. The Morgan fingerprint density at radius 1 is 1.19 bits per heavy atom. The molecular formula is C20H28N4OS. The number of imidazole rings is 1. The number of carbonyl (C=O) groups excluding carboxylic acids is 1. The second kappa shape index (κ2) is 8.01. The number of likely N-dealkylation sites (tertiary alicyclic amines) is 2. The third kappa shape index (κ3) is 3.62. The molecule has 1 aromatic carbocycles. The molecule has 3 heterocycles. The molecule has 26 heavy (non-hydrogen) atoms. The first-order valence-corrected chi connectivity index (χ1v) is 11.1. The zero-order valence-corrected chi connectivity index (χ0v) is 16.4. The van der Waals surface area contributed by atoms with E-state index in [9.17, 15) is 4.79 Å². The van der Waals surface area contributed by atoms with Crippen molar-refractivity contribution < 1.29 is 4.79 Å². The fraction of sp³-hybridized carbons (Fsp3) is 0.600. The summed E-state index contributed by atoms with van der Waals surface area (Å²) in [7, 11) is 0. The zero-order chi connectivity index (χ0) is 17.9. The summed E-state index contributed by atoms with van der Waals surface area (Å²) in [6.45, 7) is 4.76. The van der Waals surface area contributed by atoms with E-state index in [0.29, 0.717) is 12.6 Å². The number of para-hydroxylation sites is 2. The van der Waals surface area contributed by atoms with Crippen molar-refractivity contribution in [2.24, 2.45) is 0 Å². The quantitative estimate of drug-likeness (QED) is 0.782. The summed E-state index contributed by atoms with van der Waals surface area (Å²) in [5.74, 6) is 2.08. The van der Waals surface area contributed by atoms with Gasteiger partial charge >= 0.3 is 0 Å². The number of nitrogens with zero attached hydrogens (tertiary/aromatic N) is 4. The van der Waals surface area contributed by atoms with Crippen LogP contribution in [0.4, 0.5) is 0 Å². The maximum absolute atomic E-state index is 13.1. The highest BCUT2D eigenvalue weighted by Gasteiger charge is 2.31. The van der Waals surface area contributed by atoms with Gasteiger partial charge in [-0.25, -0.2) is 4.98 Å². The number of thioether (sulfide) groups is 1. The van der Waals surface area contributed by atoms with Crippen molar-refractivity contribution in [3.8, 4) is 0 Å². The van der Waals surface area contributed by atoms with Gasteiger partial charge in [0.1, 0.15) is 12.4 Å². The second-order valence-corrected chi connectivity index (χ2v) is 8.29. The number of carbonyl (C=O) groups is 1. The number of rotatable bonds is 6. The van der Waals surface area contributed by atoms with Crippen molar-refractivity contribution in [2.45, 2.75) is 44.0 Å². The molecule has 0 spiro atoms. The van der Waals surface area contributed by atoms with Crippen molar-refractivity contribution in [3.63, 3.8) is 0 Å². The number of benzene rings is 1. The van der Waals surface area contributed by atoms with E-state index in [-0.39, 0.29) is 5.91 Å². The van der Waals surface area contributed by atoms with Gasteiger partial charge in [0.05, 0.1) is 16.8 Å². The van der Waals surface area contributed by atoms with Gasteiger partial charge in [0, 0.05) is 19.1 Å². The van der Waals surface area contributed by atoms with E-state index in [1.807, 2.05) is 18.2 Å². The molecule has 2 saturated heterocycles. The molecule has 1 amide bonds. The van der Waals surface area contributed by atoms with Crippen LogP contribution >= 0.6 is 11.8 Å². The first-order valence-electron chi connectivity index (χ1n) is 9.71. The van der Waals surface area contributed by atoms with Crippen molar-refractivity contribution in [1.29, 1.82) is 0 Å². The van der Waals surface area contributed by atoms with Crippen LogP contribution in [-0.4, -0.2) is 63.7 Å². The number of fused-ring (bicyclic) bond motifs is 1. The maximum Gasteiger partial charge on any atom is 0.242 e. The van der Waals surface area contributed by atoms with E-state index >= 15 is 0 Å². The summed E-state index contributed by atoms with van der Waals surface area (Å²) in [4.78, 5) is 22.6. The third-order valence-corrected chi connectivity index (χ3v) is 6.21. The van der Waals surface area contributed by atoms with Gasteiger partial charge in [0.25, 0.3) is 0 Å². The number of amides is 1. The minimum atomic E-state index is 0.247. The molecule has 1 atom stereocenters. The smallest absolute Gasteiger partial charge is 0.242 e. The highest BCUT2D eigenvalue weighted by atomic mass is 32.2. The van der Waals surface area contributed by atoms with E-state index < -0.39 is 0 Å². The predicted molar refractivity (Wildman–Crippen MR) is 107 cm³/mol. The van der Waals surface area contributed by atoms with Crippen LogP contribution in [-0.2, 0) is 17.1 Å². The molecule has 140 valence electrons. The van der Waals surface area contributed by atoms with Crippen LogP contribution in [0.2, 0.25) is 0 Å². The molecule has 0 N–H and O–H groups in total. The molecule has 0 aliphatic carbocycles. The average Bonchev–Trinajstić information content (AvgIpc) is 3.37. The first-order chi connectivity index (χ1) is 12.8. The fourth-order valence-corrected chi connectivity index (χ4v) is 4.86. The summed E-state index contributed by atoms with van der Waals surface area (Å²) < 4.78 is 2.12. The minimum absolute atomic E-state index is 0.247. The molecule has 2 aromatic rings. The highest BCUT2D eigenvalue weighted by Crippen LogP contribution is 2.23. The summed E-state index contributed by atoms with van der Waals surface area (Å²) in [6.07, 6.45) is 6.97. The second-order valence-electron chi connectivity index (χ2n) is 7.43. The van der Waals surface area contributed by atoms with Crippen molar-refractivity contribution in [1.82, 2.24) is 19.4 Å². The maximum atomic E-state index is 13.1. The Balaban J connectivity index is 1.51. The Hall–Kier alpha value is -1.53. The van der Waals surface area contributed by atoms with Crippen LogP contribution in [0.25, 0.3) is 11.0 Å². The standard InChI is InChI=1S/C20H28N4OS/c1-26-15-19-21-17-8-2-3-9-18(17)24(19)14-20(25)23-12-6-7-16(23)13-22-10-4-5-11-22/h2-3,8-9,16H,4-7,10-15H2,1H3. The van der Waals surface area contributed by atoms with Gasteiger partial charge in [-0.15, -0.1) is 0 Å². The van der Waals surface area contributed by atoms with E-state index in [4.69, 9.17) is 4.98 Å². The molecule has 2 aliphatic heterocycles. The van der Waals surface area contributed by atoms with E-state index in [0.717, 1.165) is 48.5 Å². The lowest BCUT2D eigenvalue weighted by Gasteiger charge is -2.29. The molecule has 1 aromatic heterocycles. The topological polar surface area (TPSA) is 41.4 Å². The van der Waals surface area contributed by atoms with Gasteiger partial charge in [0.15, 0.2) is 0 Å². The number of hydrogen-bond donors (Lipinski definition) is 0. The molecule has 5 nitrogen and oxygen atoms in total. The summed E-state index contributed by atoms with van der Waals surface area (Å²) in [6, 6.07) is 8.54. The first kappa shape index (κ1) is 17.9. The predicted octanol–water partition coefficient (Wildman–Crippen LogP) is 2.99. The highest BCUT2D eigenvalue weighted by molar-refractivity contribution is 7.97. The molecule has 6 heteroatoms. The summed E-state index contributed by atoms with van der Waals surface area (Å²) >= 11 is 1.75. The third-order valence-electron chi connectivity index (χ3n) is 5.67. The summed E-state index contributed by atoms with van der Waals surface area (Å²) in [5, 5.41) is 0. The Morgan fingerprint density at radius 3 is 2.81 bits per heavy atom. The van der Waals surface area contributed by atoms with Gasteiger partial charge in [-0.05, 0) is 57.2 Å². The molecule has 2 fully saturated rings. The monoisotopic (exact) mass is 372 g/mol. The molecule has 4 rings (SSSR count). The SMILES string of the molecule is CSCc1nc2ccccc2n1CC(=O)N1CCCC1CN1CCCC1. The lowest BCUT2D eigenvalue weighted by Crippen LogP contribution is -2.43. The van der Waals surface area contributed by atoms with Crippen LogP contribution in [0.5, 0.6) is 0 Å². The lowest BCUT2D eigenvalue weighted by molar-refractivity contribution is -0.132. The van der Waals surface area contributed by atoms with Crippen molar-refractivity contribution >= 4 is 28.7 Å². The van der Waals surface area contributed by atoms with Gasteiger partial charge in [-0.3, -0.25) is 4.79 Å². The van der Waals surface area contributed by atoms with Gasteiger partial charge in [-0.1, -0.05) is 12.1 Å². The minimum Gasteiger partial charge on any atom is -0.337 e. The van der Waals surface area contributed by atoms with Gasteiger partial charge < -0.3 is 14.4 Å². The summed E-state index contributed by atoms with van der Waals surface area (Å²) in [5.41, 5.74) is 2.06. The van der Waals surface area contributed by atoms with Crippen LogP contribution in [0.15, 0.2) is 24.3 Å². The van der Waals surface area contributed by atoms with E-state index in [1.165, 1.54) is 25.9 Å². The molecular weight excluding hydrogens is 344 g/mol. The Labute approximate surface area is 159 Å². The van der Waals surface area contributed by atoms with Crippen molar-refractivity contribution in [3.05, 3.63) is 30.1 Å². The molecule has 0 bridgehead atoms. The zero-order valence-electron chi connectivity index (χ0n) is 15.6. The van der Waals surface area contributed by atoms with Gasteiger partial charge in [0.2, 0.25) is 5.91 Å². The van der Waals surface area contributed by atoms with Gasteiger partial charge in [-0.2, -0.15) is 11.8 Å². The Bertz CT molecular complexity index is 768. The van der Waals surface area contributed by atoms with Crippen LogP contribution < -0.4 is 0 Å². The Kier molecular flexibility index (Phi) is 5.50. The fourth-order valence-electron chi connectivity index (χ4n) is 4.38.